The Morgan fingerprint density at radius 3 is 2.46 bits per heavy atom. The van der Waals surface area contributed by atoms with Crippen molar-refractivity contribution in [3.05, 3.63) is 82.7 Å². The highest BCUT2D eigenvalue weighted by Crippen LogP contribution is 2.23. The van der Waals surface area contributed by atoms with Gasteiger partial charge in [0.1, 0.15) is 5.75 Å². The van der Waals surface area contributed by atoms with Crippen molar-refractivity contribution in [2.45, 2.75) is 27.3 Å². The van der Waals surface area contributed by atoms with Crippen LogP contribution in [-0.4, -0.2) is 18.0 Å². The number of carbonyl (C=O) groups excluding carboxylic acids is 1. The summed E-state index contributed by atoms with van der Waals surface area (Å²) in [6, 6.07) is 13.7. The molecule has 0 radical (unpaired) electrons. The summed E-state index contributed by atoms with van der Waals surface area (Å²) >= 11 is 0. The van der Waals surface area contributed by atoms with E-state index in [9.17, 15) is 4.79 Å². The summed E-state index contributed by atoms with van der Waals surface area (Å²) in [5.41, 5.74) is 6.43. The van der Waals surface area contributed by atoms with Crippen molar-refractivity contribution in [3.8, 4) is 5.75 Å². The van der Waals surface area contributed by atoms with Crippen LogP contribution in [0.4, 0.5) is 11.4 Å². The van der Waals surface area contributed by atoms with Crippen LogP contribution in [-0.2, 0) is 6.54 Å². The van der Waals surface area contributed by atoms with Gasteiger partial charge in [-0.2, -0.15) is 0 Å². The molecule has 0 atom stereocenters. The number of hydrogen-bond acceptors (Lipinski definition) is 4. The van der Waals surface area contributed by atoms with Crippen LogP contribution in [0.15, 0.2) is 54.9 Å². The van der Waals surface area contributed by atoms with Gasteiger partial charge in [-0.1, -0.05) is 35.9 Å². The monoisotopic (exact) mass is 375 g/mol. The van der Waals surface area contributed by atoms with Crippen molar-refractivity contribution in [2.75, 3.05) is 17.7 Å². The van der Waals surface area contributed by atoms with Crippen LogP contribution in [0.25, 0.3) is 0 Å². The maximum atomic E-state index is 12.7. The van der Waals surface area contributed by atoms with Crippen LogP contribution in [0.3, 0.4) is 0 Å². The van der Waals surface area contributed by atoms with Gasteiger partial charge in [0, 0.05) is 30.2 Å². The van der Waals surface area contributed by atoms with Gasteiger partial charge in [0.25, 0.3) is 5.91 Å². The molecule has 0 aliphatic rings. The fraction of sp³-hybridized carbons (Fsp3) is 0.217. The minimum Gasteiger partial charge on any atom is -0.496 e. The van der Waals surface area contributed by atoms with Crippen LogP contribution in [0.2, 0.25) is 0 Å². The van der Waals surface area contributed by atoms with Gasteiger partial charge in [-0.15, -0.1) is 0 Å². The average molecular weight is 375 g/mol. The Kier molecular flexibility index (Phi) is 5.94. The van der Waals surface area contributed by atoms with Crippen LogP contribution in [0.5, 0.6) is 5.75 Å². The normalized spacial score (nSPS) is 10.4. The lowest BCUT2D eigenvalue weighted by molar-refractivity contribution is 0.102. The topological polar surface area (TPSA) is 63.2 Å². The highest BCUT2D eigenvalue weighted by atomic mass is 16.5. The third-order valence-electron chi connectivity index (χ3n) is 4.59. The number of nitrogens with one attached hydrogen (secondary N) is 2. The molecule has 0 saturated carbocycles. The summed E-state index contributed by atoms with van der Waals surface area (Å²) in [7, 11) is 1.65. The number of carbonyl (C=O) groups is 1. The van der Waals surface area contributed by atoms with E-state index in [0.717, 1.165) is 33.8 Å². The Bertz CT molecular complexity index is 976. The van der Waals surface area contributed by atoms with Gasteiger partial charge in [-0.25, -0.2) is 0 Å². The standard InChI is InChI=1S/C23H25N3O2/c1-15-9-16(2)22(17(3)10-15)26-23(27)19-11-20(14-24-12-19)25-13-18-7-5-6-8-21(18)28-4/h5-12,14,25H,13H2,1-4H3,(H,26,27). The van der Waals surface area contributed by atoms with Crippen LogP contribution < -0.4 is 15.4 Å². The Balaban J connectivity index is 1.73. The van der Waals surface area contributed by atoms with Crippen molar-refractivity contribution in [1.82, 2.24) is 4.98 Å². The van der Waals surface area contributed by atoms with E-state index in [1.165, 1.54) is 5.56 Å². The number of rotatable bonds is 6. The number of aryl methyl sites for hydroxylation is 3. The smallest absolute Gasteiger partial charge is 0.257 e. The molecule has 3 aromatic rings. The Morgan fingerprint density at radius 1 is 1.04 bits per heavy atom. The van der Waals surface area contributed by atoms with Gasteiger partial charge in [0.15, 0.2) is 0 Å². The molecule has 0 spiro atoms. The molecule has 2 aromatic carbocycles. The predicted molar refractivity (Wildman–Crippen MR) is 113 cm³/mol. The van der Waals surface area contributed by atoms with E-state index >= 15 is 0 Å². The van der Waals surface area contributed by atoms with E-state index in [2.05, 4.69) is 27.8 Å². The molecule has 28 heavy (non-hydrogen) atoms. The third-order valence-corrected chi connectivity index (χ3v) is 4.59. The summed E-state index contributed by atoms with van der Waals surface area (Å²) in [6.07, 6.45) is 3.27. The maximum absolute atomic E-state index is 12.7. The Labute approximate surface area is 165 Å². The Morgan fingerprint density at radius 2 is 1.75 bits per heavy atom. The van der Waals surface area contributed by atoms with E-state index in [4.69, 9.17) is 4.74 Å². The van der Waals surface area contributed by atoms with Crippen molar-refractivity contribution in [3.63, 3.8) is 0 Å². The largest absolute Gasteiger partial charge is 0.496 e. The lowest BCUT2D eigenvalue weighted by Gasteiger charge is -2.14. The SMILES string of the molecule is COc1ccccc1CNc1cncc(C(=O)Nc2c(C)cc(C)cc2C)c1. The first kappa shape index (κ1) is 19.4. The minimum atomic E-state index is -0.177. The number of para-hydroxylation sites is 1. The number of benzene rings is 2. The molecule has 3 rings (SSSR count). The summed E-state index contributed by atoms with van der Waals surface area (Å²) in [5.74, 6) is 0.644. The van der Waals surface area contributed by atoms with Crippen LogP contribution in [0, 0.1) is 20.8 Å². The fourth-order valence-corrected chi connectivity index (χ4v) is 3.27. The van der Waals surface area contributed by atoms with Crippen molar-refractivity contribution in [1.29, 1.82) is 0 Å². The second-order valence-electron chi connectivity index (χ2n) is 6.86. The molecule has 0 saturated heterocycles. The highest BCUT2D eigenvalue weighted by Gasteiger charge is 2.12. The zero-order valence-corrected chi connectivity index (χ0v) is 16.7. The number of ether oxygens (including phenoxy) is 1. The number of amides is 1. The van der Waals surface area contributed by atoms with Gasteiger partial charge < -0.3 is 15.4 Å². The number of pyridine rings is 1. The second kappa shape index (κ2) is 8.57. The van der Waals surface area contributed by atoms with Crippen molar-refractivity contribution < 1.29 is 9.53 Å². The van der Waals surface area contributed by atoms with Gasteiger partial charge in [0.05, 0.1) is 18.4 Å². The Hall–Kier alpha value is -3.34. The molecular formula is C23H25N3O2. The summed E-state index contributed by atoms with van der Waals surface area (Å²) in [5, 5.41) is 6.32. The molecule has 2 N–H and O–H groups in total. The first-order valence-corrected chi connectivity index (χ1v) is 9.18. The van der Waals surface area contributed by atoms with Crippen LogP contribution >= 0.6 is 0 Å². The molecule has 0 bridgehead atoms. The maximum Gasteiger partial charge on any atom is 0.257 e. The number of hydrogen-bond donors (Lipinski definition) is 2. The molecular weight excluding hydrogens is 350 g/mol. The van der Waals surface area contributed by atoms with Gasteiger partial charge in [-0.3, -0.25) is 9.78 Å². The molecule has 0 fully saturated rings. The zero-order chi connectivity index (χ0) is 20.1. The molecule has 144 valence electrons. The lowest BCUT2D eigenvalue weighted by atomic mass is 10.0. The molecule has 5 heteroatoms. The van der Waals surface area contributed by atoms with Crippen LogP contribution in [0.1, 0.15) is 32.6 Å². The predicted octanol–water partition coefficient (Wildman–Crippen LogP) is 4.88. The van der Waals surface area contributed by atoms with Crippen molar-refractivity contribution >= 4 is 17.3 Å². The average Bonchev–Trinajstić information content (AvgIpc) is 2.69. The van der Waals surface area contributed by atoms with E-state index in [0.29, 0.717) is 12.1 Å². The van der Waals surface area contributed by atoms with Crippen molar-refractivity contribution in [2.24, 2.45) is 0 Å². The summed E-state index contributed by atoms with van der Waals surface area (Å²) in [4.78, 5) is 16.9. The van der Waals surface area contributed by atoms with E-state index < -0.39 is 0 Å². The first-order chi connectivity index (χ1) is 13.5. The molecule has 0 aliphatic carbocycles. The van der Waals surface area contributed by atoms with E-state index in [1.807, 2.05) is 45.0 Å². The molecule has 0 unspecified atom stereocenters. The number of aromatic nitrogens is 1. The summed E-state index contributed by atoms with van der Waals surface area (Å²) < 4.78 is 5.37. The van der Waals surface area contributed by atoms with Gasteiger partial charge >= 0.3 is 0 Å². The zero-order valence-electron chi connectivity index (χ0n) is 16.7. The highest BCUT2D eigenvalue weighted by molar-refractivity contribution is 6.05. The number of nitrogens with zero attached hydrogens (tertiary/aromatic N) is 1. The molecule has 5 nitrogen and oxygen atoms in total. The quantitative estimate of drug-likeness (QED) is 0.644. The molecule has 1 aromatic heterocycles. The minimum absolute atomic E-state index is 0.177. The fourth-order valence-electron chi connectivity index (χ4n) is 3.27. The first-order valence-electron chi connectivity index (χ1n) is 9.18. The third kappa shape index (κ3) is 4.49. The van der Waals surface area contributed by atoms with Gasteiger partial charge in [0.2, 0.25) is 0 Å². The lowest BCUT2D eigenvalue weighted by Crippen LogP contribution is -2.14. The second-order valence-corrected chi connectivity index (χ2v) is 6.86. The summed E-state index contributed by atoms with van der Waals surface area (Å²) in [6.45, 7) is 6.62. The molecule has 1 heterocycles. The van der Waals surface area contributed by atoms with Gasteiger partial charge in [-0.05, 0) is 44.0 Å². The number of methoxy groups -OCH3 is 1. The number of anilines is 2. The van der Waals surface area contributed by atoms with E-state index in [-0.39, 0.29) is 5.91 Å². The molecule has 1 amide bonds. The molecule has 0 aliphatic heterocycles. The van der Waals surface area contributed by atoms with E-state index in [1.54, 1.807) is 25.6 Å².